The van der Waals surface area contributed by atoms with Crippen LogP contribution in [0.5, 0.6) is 0 Å². The first-order chi connectivity index (χ1) is 13.6. The molecule has 2 heterocycles. The molecule has 0 aliphatic carbocycles. The van der Waals surface area contributed by atoms with Crippen molar-refractivity contribution in [1.29, 1.82) is 0 Å². The van der Waals surface area contributed by atoms with Crippen LogP contribution in [-0.2, 0) is 30.3 Å². The smallest absolute Gasteiger partial charge is 0.188 e. The van der Waals surface area contributed by atoms with Crippen LogP contribution in [-0.4, -0.2) is 49.0 Å². The number of aliphatic hydroxyl groups is 1. The number of ether oxygens (including phenoxy) is 5. The summed E-state index contributed by atoms with van der Waals surface area (Å²) in [6.45, 7) is 2.33. The Balaban J connectivity index is 1.56. The number of hydrogen-bond acceptors (Lipinski definition) is 6. The molecule has 2 aliphatic heterocycles. The summed E-state index contributed by atoms with van der Waals surface area (Å²) in [6.07, 6.45) is -2.92. The standard InChI is InChI=1S/C22H26O6/c1-22(23)19(25-13-15-9-5-3-6-10-15)18-17(27-21(22)24-2)14-26-20(28-18)16-11-7-4-8-12-16/h3-12,17-21,23H,13-14H2,1-2H3/t17-,18-,19+,20?,21+,22-/m1/s1. The van der Waals surface area contributed by atoms with Crippen molar-refractivity contribution in [2.75, 3.05) is 13.7 Å². The van der Waals surface area contributed by atoms with E-state index >= 15 is 0 Å². The summed E-state index contributed by atoms with van der Waals surface area (Å²) in [5, 5.41) is 11.2. The third kappa shape index (κ3) is 3.85. The summed E-state index contributed by atoms with van der Waals surface area (Å²) < 4.78 is 29.6. The fraction of sp³-hybridized carbons (Fsp3) is 0.455. The topological polar surface area (TPSA) is 66.4 Å². The Morgan fingerprint density at radius 3 is 2.39 bits per heavy atom. The van der Waals surface area contributed by atoms with Crippen LogP contribution >= 0.6 is 0 Å². The Kier molecular flexibility index (Phi) is 5.78. The summed E-state index contributed by atoms with van der Waals surface area (Å²) in [5.74, 6) is 0. The molecule has 0 amide bonds. The highest BCUT2D eigenvalue weighted by Crippen LogP contribution is 2.39. The highest BCUT2D eigenvalue weighted by atomic mass is 16.8. The van der Waals surface area contributed by atoms with Crippen LogP contribution in [0, 0.1) is 0 Å². The van der Waals surface area contributed by atoms with Gasteiger partial charge in [0.1, 0.15) is 23.9 Å². The van der Waals surface area contributed by atoms with Gasteiger partial charge in [0, 0.05) is 12.7 Å². The molecule has 2 fully saturated rings. The zero-order valence-electron chi connectivity index (χ0n) is 16.1. The molecule has 0 bridgehead atoms. The van der Waals surface area contributed by atoms with Gasteiger partial charge in [0.2, 0.25) is 0 Å². The second-order valence-electron chi connectivity index (χ2n) is 7.36. The van der Waals surface area contributed by atoms with E-state index in [1.54, 1.807) is 6.92 Å². The van der Waals surface area contributed by atoms with E-state index in [2.05, 4.69) is 0 Å². The summed E-state index contributed by atoms with van der Waals surface area (Å²) in [7, 11) is 1.50. The minimum Gasteiger partial charge on any atom is -0.382 e. The molecule has 1 unspecified atom stereocenters. The molecule has 0 radical (unpaired) electrons. The molecular formula is C22H26O6. The van der Waals surface area contributed by atoms with Crippen molar-refractivity contribution in [3.63, 3.8) is 0 Å². The van der Waals surface area contributed by atoms with Crippen molar-refractivity contribution in [1.82, 2.24) is 0 Å². The Labute approximate surface area is 164 Å². The zero-order valence-corrected chi connectivity index (χ0v) is 16.1. The third-order valence-electron chi connectivity index (χ3n) is 5.27. The first kappa shape index (κ1) is 19.5. The molecule has 2 aliphatic rings. The Hall–Kier alpha value is -1.80. The van der Waals surface area contributed by atoms with Gasteiger partial charge in [-0.15, -0.1) is 0 Å². The number of hydrogen-bond donors (Lipinski definition) is 1. The van der Waals surface area contributed by atoms with Gasteiger partial charge in [0.05, 0.1) is 13.2 Å². The maximum absolute atomic E-state index is 11.2. The van der Waals surface area contributed by atoms with Crippen LogP contribution in [0.3, 0.4) is 0 Å². The number of methoxy groups -OCH3 is 1. The highest BCUT2D eigenvalue weighted by molar-refractivity contribution is 5.17. The second-order valence-corrected chi connectivity index (χ2v) is 7.36. The minimum absolute atomic E-state index is 0.325. The molecule has 0 aromatic heterocycles. The molecule has 28 heavy (non-hydrogen) atoms. The summed E-state index contributed by atoms with van der Waals surface area (Å²) in [6, 6.07) is 19.5. The molecule has 0 spiro atoms. The maximum atomic E-state index is 11.2. The van der Waals surface area contributed by atoms with Crippen LogP contribution in [0.4, 0.5) is 0 Å². The van der Waals surface area contributed by atoms with Crippen LogP contribution in [0.1, 0.15) is 24.3 Å². The van der Waals surface area contributed by atoms with Crippen LogP contribution in [0.25, 0.3) is 0 Å². The average molecular weight is 386 g/mol. The van der Waals surface area contributed by atoms with E-state index in [0.717, 1.165) is 11.1 Å². The molecule has 4 rings (SSSR count). The lowest BCUT2D eigenvalue weighted by molar-refractivity contribution is -0.386. The van der Waals surface area contributed by atoms with Crippen LogP contribution in [0.2, 0.25) is 0 Å². The molecule has 150 valence electrons. The molecule has 0 saturated carbocycles. The lowest BCUT2D eigenvalue weighted by atomic mass is 9.87. The Morgan fingerprint density at radius 2 is 1.71 bits per heavy atom. The molecule has 1 N–H and O–H groups in total. The van der Waals surface area contributed by atoms with Gasteiger partial charge in [0.25, 0.3) is 0 Å². The Bertz CT molecular complexity index is 750. The lowest BCUT2D eigenvalue weighted by Gasteiger charge is -2.51. The van der Waals surface area contributed by atoms with E-state index in [1.807, 2.05) is 60.7 Å². The molecule has 2 saturated heterocycles. The van der Waals surface area contributed by atoms with Crippen molar-refractivity contribution in [2.24, 2.45) is 0 Å². The normalized spacial score (nSPS) is 35.3. The molecule has 6 atom stereocenters. The van der Waals surface area contributed by atoms with E-state index < -0.39 is 36.5 Å². The third-order valence-corrected chi connectivity index (χ3v) is 5.27. The summed E-state index contributed by atoms with van der Waals surface area (Å²) >= 11 is 0. The van der Waals surface area contributed by atoms with E-state index in [-0.39, 0.29) is 0 Å². The van der Waals surface area contributed by atoms with Crippen molar-refractivity contribution < 1.29 is 28.8 Å². The van der Waals surface area contributed by atoms with Crippen molar-refractivity contribution in [2.45, 2.75) is 50.0 Å². The molecule has 2 aromatic carbocycles. The van der Waals surface area contributed by atoms with Gasteiger partial charge in [-0.3, -0.25) is 0 Å². The molecule has 6 heteroatoms. The zero-order chi connectivity index (χ0) is 19.6. The van der Waals surface area contributed by atoms with Crippen LogP contribution < -0.4 is 0 Å². The fourth-order valence-corrected chi connectivity index (χ4v) is 3.80. The Morgan fingerprint density at radius 1 is 1.04 bits per heavy atom. The fourth-order valence-electron chi connectivity index (χ4n) is 3.80. The average Bonchev–Trinajstić information content (AvgIpc) is 2.73. The predicted molar refractivity (Wildman–Crippen MR) is 101 cm³/mol. The number of benzene rings is 2. The van der Waals surface area contributed by atoms with Crippen molar-refractivity contribution in [3.8, 4) is 0 Å². The van der Waals surface area contributed by atoms with Gasteiger partial charge < -0.3 is 28.8 Å². The van der Waals surface area contributed by atoms with Gasteiger partial charge in [-0.05, 0) is 12.5 Å². The largest absolute Gasteiger partial charge is 0.382 e. The SMILES string of the molecule is CO[C@H]1O[C@@H]2COC(c3ccccc3)O[C@H]2[C@H](OCc2ccccc2)[C@@]1(C)O. The molecular weight excluding hydrogens is 360 g/mol. The molecule has 2 aromatic rings. The van der Waals surface area contributed by atoms with Gasteiger partial charge in [-0.1, -0.05) is 60.7 Å². The summed E-state index contributed by atoms with van der Waals surface area (Å²) in [4.78, 5) is 0. The van der Waals surface area contributed by atoms with Crippen molar-refractivity contribution >= 4 is 0 Å². The number of fused-ring (bicyclic) bond motifs is 1. The van der Waals surface area contributed by atoms with E-state index in [0.29, 0.717) is 13.2 Å². The second kappa shape index (κ2) is 8.29. The van der Waals surface area contributed by atoms with E-state index in [4.69, 9.17) is 23.7 Å². The maximum Gasteiger partial charge on any atom is 0.188 e. The van der Waals surface area contributed by atoms with Gasteiger partial charge in [0.15, 0.2) is 12.6 Å². The van der Waals surface area contributed by atoms with Gasteiger partial charge >= 0.3 is 0 Å². The first-order valence-corrected chi connectivity index (χ1v) is 9.47. The number of rotatable bonds is 5. The monoisotopic (exact) mass is 386 g/mol. The highest BCUT2D eigenvalue weighted by Gasteiger charge is 2.56. The van der Waals surface area contributed by atoms with Crippen molar-refractivity contribution in [3.05, 3.63) is 71.8 Å². The molecule has 6 nitrogen and oxygen atoms in total. The summed E-state index contributed by atoms with van der Waals surface area (Å²) in [5.41, 5.74) is 0.543. The van der Waals surface area contributed by atoms with E-state index in [9.17, 15) is 5.11 Å². The van der Waals surface area contributed by atoms with Crippen LogP contribution in [0.15, 0.2) is 60.7 Å². The lowest BCUT2D eigenvalue weighted by Crippen LogP contribution is -2.68. The quantitative estimate of drug-likeness (QED) is 0.852. The van der Waals surface area contributed by atoms with Gasteiger partial charge in [-0.25, -0.2) is 0 Å². The van der Waals surface area contributed by atoms with E-state index in [1.165, 1.54) is 7.11 Å². The minimum atomic E-state index is -1.39. The first-order valence-electron chi connectivity index (χ1n) is 9.47. The predicted octanol–water partition coefficient (Wildman–Crippen LogP) is 2.81. The van der Waals surface area contributed by atoms with Gasteiger partial charge in [-0.2, -0.15) is 0 Å².